The Morgan fingerprint density at radius 3 is 2.48 bits per heavy atom. The number of carbonyl (C=O) groups excluding carboxylic acids is 1. The molecule has 122 valence electrons. The second kappa shape index (κ2) is 8.83. The van der Waals surface area contributed by atoms with E-state index in [-0.39, 0.29) is 17.8 Å². The van der Waals surface area contributed by atoms with Crippen LogP contribution in [0.2, 0.25) is 0 Å². The van der Waals surface area contributed by atoms with E-state index in [0.29, 0.717) is 25.9 Å². The van der Waals surface area contributed by atoms with Crippen molar-refractivity contribution < 1.29 is 19.4 Å². The summed E-state index contributed by atoms with van der Waals surface area (Å²) >= 11 is 0. The van der Waals surface area contributed by atoms with E-state index >= 15 is 0 Å². The number of aromatic hydroxyl groups is 1. The number of para-hydroxylation sites is 1. The van der Waals surface area contributed by atoms with Crippen LogP contribution in [-0.4, -0.2) is 23.8 Å². The number of phenols is 1. The van der Waals surface area contributed by atoms with Gasteiger partial charge in [0.1, 0.15) is 17.6 Å². The molecule has 2 aromatic carbocycles. The summed E-state index contributed by atoms with van der Waals surface area (Å²) in [6.45, 7) is 2.36. The minimum Gasteiger partial charge on any atom is -0.508 e. The van der Waals surface area contributed by atoms with Gasteiger partial charge in [-0.3, -0.25) is 4.79 Å². The molecule has 0 aliphatic carbocycles. The van der Waals surface area contributed by atoms with Gasteiger partial charge < -0.3 is 14.6 Å². The topological polar surface area (TPSA) is 55.8 Å². The van der Waals surface area contributed by atoms with E-state index in [0.717, 1.165) is 11.3 Å². The molecule has 0 aromatic heterocycles. The van der Waals surface area contributed by atoms with Crippen molar-refractivity contribution in [2.45, 2.75) is 32.3 Å². The van der Waals surface area contributed by atoms with Gasteiger partial charge in [0, 0.05) is 12.8 Å². The number of rotatable bonds is 8. The van der Waals surface area contributed by atoms with Gasteiger partial charge in [-0.25, -0.2) is 0 Å². The highest BCUT2D eigenvalue weighted by Gasteiger charge is 2.10. The van der Waals surface area contributed by atoms with Crippen LogP contribution in [0.4, 0.5) is 0 Å². The van der Waals surface area contributed by atoms with E-state index in [2.05, 4.69) is 0 Å². The van der Waals surface area contributed by atoms with Crippen LogP contribution in [0.15, 0.2) is 54.6 Å². The highest BCUT2D eigenvalue weighted by molar-refractivity contribution is 5.69. The Kier molecular flexibility index (Phi) is 6.48. The van der Waals surface area contributed by atoms with E-state index in [4.69, 9.17) is 9.47 Å². The van der Waals surface area contributed by atoms with E-state index in [1.54, 1.807) is 12.1 Å². The molecule has 23 heavy (non-hydrogen) atoms. The molecule has 0 heterocycles. The SMILES string of the molecule is CC(Cc1ccc(O)cc1)OC(=O)CCCOc1ccccc1. The van der Waals surface area contributed by atoms with E-state index in [1.165, 1.54) is 0 Å². The fourth-order valence-corrected chi connectivity index (χ4v) is 2.21. The van der Waals surface area contributed by atoms with Crippen LogP contribution in [-0.2, 0) is 16.0 Å². The summed E-state index contributed by atoms with van der Waals surface area (Å²) in [6.07, 6.45) is 1.40. The van der Waals surface area contributed by atoms with Gasteiger partial charge in [0.15, 0.2) is 0 Å². The van der Waals surface area contributed by atoms with Crippen molar-refractivity contribution in [1.29, 1.82) is 0 Å². The average molecular weight is 314 g/mol. The summed E-state index contributed by atoms with van der Waals surface area (Å²) in [5, 5.41) is 9.24. The first kappa shape index (κ1) is 16.9. The fraction of sp³-hybridized carbons (Fsp3) is 0.316. The van der Waals surface area contributed by atoms with Crippen molar-refractivity contribution in [2.75, 3.05) is 6.61 Å². The Morgan fingerprint density at radius 1 is 1.09 bits per heavy atom. The monoisotopic (exact) mass is 314 g/mol. The molecule has 1 unspecified atom stereocenters. The quantitative estimate of drug-likeness (QED) is 0.596. The van der Waals surface area contributed by atoms with Crippen molar-refractivity contribution in [1.82, 2.24) is 0 Å². The van der Waals surface area contributed by atoms with Gasteiger partial charge >= 0.3 is 5.97 Å². The number of carbonyl (C=O) groups is 1. The van der Waals surface area contributed by atoms with Crippen LogP contribution >= 0.6 is 0 Å². The average Bonchev–Trinajstić information content (AvgIpc) is 2.55. The first-order valence-electron chi connectivity index (χ1n) is 7.79. The molecule has 0 bridgehead atoms. The molecule has 0 aliphatic heterocycles. The second-order valence-electron chi connectivity index (χ2n) is 5.44. The third kappa shape index (κ3) is 6.43. The molecule has 4 nitrogen and oxygen atoms in total. The van der Waals surface area contributed by atoms with Gasteiger partial charge in [-0.05, 0) is 43.2 Å². The summed E-state index contributed by atoms with van der Waals surface area (Å²) in [4.78, 5) is 11.8. The number of ether oxygens (including phenoxy) is 2. The molecule has 1 atom stereocenters. The highest BCUT2D eigenvalue weighted by atomic mass is 16.5. The standard InChI is InChI=1S/C19H22O4/c1-15(14-16-9-11-17(20)12-10-16)23-19(21)8-5-13-22-18-6-3-2-4-7-18/h2-4,6-7,9-12,15,20H,5,8,13-14H2,1H3. The molecule has 2 rings (SSSR count). The van der Waals surface area contributed by atoms with Crippen LogP contribution in [0.1, 0.15) is 25.3 Å². The van der Waals surface area contributed by atoms with Gasteiger partial charge in [-0.1, -0.05) is 30.3 Å². The van der Waals surface area contributed by atoms with Gasteiger partial charge in [0.2, 0.25) is 0 Å². The molecule has 2 aromatic rings. The van der Waals surface area contributed by atoms with Crippen LogP contribution in [0.3, 0.4) is 0 Å². The third-order valence-corrected chi connectivity index (χ3v) is 3.33. The lowest BCUT2D eigenvalue weighted by molar-refractivity contribution is -0.148. The zero-order valence-corrected chi connectivity index (χ0v) is 13.3. The van der Waals surface area contributed by atoms with Gasteiger partial charge in [-0.15, -0.1) is 0 Å². The Hall–Kier alpha value is -2.49. The molecule has 1 N–H and O–H groups in total. The third-order valence-electron chi connectivity index (χ3n) is 3.33. The zero-order valence-electron chi connectivity index (χ0n) is 13.3. The fourth-order valence-electron chi connectivity index (χ4n) is 2.21. The lowest BCUT2D eigenvalue weighted by Crippen LogP contribution is -2.17. The second-order valence-corrected chi connectivity index (χ2v) is 5.44. The van der Waals surface area contributed by atoms with Crippen molar-refractivity contribution in [2.24, 2.45) is 0 Å². The molecular weight excluding hydrogens is 292 g/mol. The first-order valence-corrected chi connectivity index (χ1v) is 7.79. The molecule has 4 heteroatoms. The van der Waals surface area contributed by atoms with Gasteiger partial charge in [0.05, 0.1) is 6.61 Å². The molecule has 0 spiro atoms. The Morgan fingerprint density at radius 2 is 1.78 bits per heavy atom. The summed E-state index contributed by atoms with van der Waals surface area (Å²) < 4.78 is 10.9. The molecule has 0 radical (unpaired) electrons. The highest BCUT2D eigenvalue weighted by Crippen LogP contribution is 2.13. The Bertz CT molecular complexity index is 593. The molecule has 0 saturated heterocycles. The van der Waals surface area contributed by atoms with Gasteiger partial charge in [0.25, 0.3) is 0 Å². The maximum atomic E-state index is 11.8. The largest absolute Gasteiger partial charge is 0.508 e. The number of hydrogen-bond acceptors (Lipinski definition) is 4. The Balaban J connectivity index is 1.63. The maximum absolute atomic E-state index is 11.8. The lowest BCUT2D eigenvalue weighted by Gasteiger charge is -2.13. The number of hydrogen-bond donors (Lipinski definition) is 1. The van der Waals surface area contributed by atoms with Crippen molar-refractivity contribution in [3.05, 3.63) is 60.2 Å². The summed E-state index contributed by atoms with van der Waals surface area (Å²) in [5.41, 5.74) is 1.02. The van der Waals surface area contributed by atoms with E-state index in [1.807, 2.05) is 49.4 Å². The predicted octanol–water partition coefficient (Wildman–Crippen LogP) is 3.73. The minimum atomic E-state index is -0.215. The molecular formula is C19H22O4. The number of benzene rings is 2. The summed E-state index contributed by atoms with van der Waals surface area (Å²) in [5.74, 6) is 0.825. The van der Waals surface area contributed by atoms with Crippen LogP contribution in [0.5, 0.6) is 11.5 Å². The lowest BCUT2D eigenvalue weighted by atomic mass is 10.1. The normalized spacial score (nSPS) is 11.7. The molecule has 0 saturated carbocycles. The van der Waals surface area contributed by atoms with Crippen LogP contribution in [0, 0.1) is 0 Å². The predicted molar refractivity (Wildman–Crippen MR) is 88.5 cm³/mol. The van der Waals surface area contributed by atoms with E-state index < -0.39 is 0 Å². The van der Waals surface area contributed by atoms with Crippen LogP contribution < -0.4 is 4.74 Å². The Labute approximate surface area is 136 Å². The maximum Gasteiger partial charge on any atom is 0.306 e. The number of phenolic OH excluding ortho intramolecular Hbond substituents is 1. The smallest absolute Gasteiger partial charge is 0.306 e. The van der Waals surface area contributed by atoms with Crippen molar-refractivity contribution in [3.63, 3.8) is 0 Å². The van der Waals surface area contributed by atoms with Gasteiger partial charge in [-0.2, -0.15) is 0 Å². The van der Waals surface area contributed by atoms with Crippen molar-refractivity contribution >= 4 is 5.97 Å². The van der Waals surface area contributed by atoms with Crippen LogP contribution in [0.25, 0.3) is 0 Å². The van der Waals surface area contributed by atoms with Crippen molar-refractivity contribution in [3.8, 4) is 11.5 Å². The molecule has 0 aliphatic rings. The molecule has 0 fully saturated rings. The minimum absolute atomic E-state index is 0.193. The summed E-state index contributed by atoms with van der Waals surface area (Å²) in [7, 11) is 0. The molecule has 0 amide bonds. The number of esters is 1. The zero-order chi connectivity index (χ0) is 16.5. The first-order chi connectivity index (χ1) is 11.1. The summed E-state index contributed by atoms with van der Waals surface area (Å²) in [6, 6.07) is 16.4. The van der Waals surface area contributed by atoms with E-state index in [9.17, 15) is 9.90 Å².